The van der Waals surface area contributed by atoms with E-state index in [1.165, 1.54) is 4.88 Å². The fourth-order valence-electron chi connectivity index (χ4n) is 2.62. The van der Waals surface area contributed by atoms with Gasteiger partial charge in [-0.3, -0.25) is 9.89 Å². The first-order valence-corrected chi connectivity index (χ1v) is 9.98. The topological polar surface area (TPSA) is 83.2 Å². The molecule has 0 atom stereocenters. The number of nitrogens with one attached hydrogen (secondary N) is 1. The van der Waals surface area contributed by atoms with Crippen LogP contribution in [0.3, 0.4) is 0 Å². The molecule has 2 rings (SSSR count). The number of aliphatic imine (C=N–C) groups is 1. The molecule has 1 aromatic rings. The van der Waals surface area contributed by atoms with Crippen molar-refractivity contribution in [3.05, 3.63) is 22.4 Å². The number of piperazine rings is 1. The molecule has 1 fully saturated rings. The maximum absolute atomic E-state index is 12.0. The lowest BCUT2D eigenvalue weighted by Crippen LogP contribution is -2.50. The number of rotatable bonds is 6. The first-order valence-electron chi connectivity index (χ1n) is 9.10. The summed E-state index contributed by atoms with van der Waals surface area (Å²) in [5.41, 5.74) is 5.46. The molecular weight excluding hydrogens is 350 g/mol. The molecule has 0 radical (unpaired) electrons. The largest absolute Gasteiger partial charge is 0.444 e. The summed E-state index contributed by atoms with van der Waals surface area (Å²) in [6.07, 6.45) is 0.731. The number of ether oxygens (including phenoxy) is 1. The molecule has 0 aromatic carbocycles. The van der Waals surface area contributed by atoms with Gasteiger partial charge < -0.3 is 20.7 Å². The van der Waals surface area contributed by atoms with Gasteiger partial charge in [-0.05, 0) is 38.6 Å². The van der Waals surface area contributed by atoms with Crippen molar-refractivity contribution in [1.29, 1.82) is 0 Å². The minimum Gasteiger partial charge on any atom is -0.444 e. The lowest BCUT2D eigenvalue weighted by Gasteiger charge is -2.35. The molecule has 1 saturated heterocycles. The van der Waals surface area contributed by atoms with E-state index in [4.69, 9.17) is 10.5 Å². The van der Waals surface area contributed by atoms with Crippen LogP contribution in [0.5, 0.6) is 0 Å². The maximum atomic E-state index is 12.0. The zero-order valence-corrected chi connectivity index (χ0v) is 16.8. The number of nitrogens with zero attached hydrogens (tertiary/aromatic N) is 3. The second-order valence-electron chi connectivity index (χ2n) is 7.33. The van der Waals surface area contributed by atoms with Gasteiger partial charge in [0.2, 0.25) is 0 Å². The molecule has 0 bridgehead atoms. The predicted molar refractivity (Wildman–Crippen MR) is 107 cm³/mol. The summed E-state index contributed by atoms with van der Waals surface area (Å²) in [6.45, 7) is 11.0. The van der Waals surface area contributed by atoms with E-state index in [0.717, 1.165) is 32.6 Å². The second-order valence-corrected chi connectivity index (χ2v) is 8.36. The molecule has 3 N–H and O–H groups in total. The van der Waals surface area contributed by atoms with Crippen molar-refractivity contribution in [3.8, 4) is 0 Å². The highest BCUT2D eigenvalue weighted by molar-refractivity contribution is 7.09. The SMILES string of the molecule is CC(C)(C)OC(=O)N1CCN(CCN=C(N)NCCc2cccs2)CC1. The number of hydrogen-bond acceptors (Lipinski definition) is 5. The van der Waals surface area contributed by atoms with E-state index in [1.54, 1.807) is 16.2 Å². The lowest BCUT2D eigenvalue weighted by atomic mass is 10.2. The molecule has 1 aliphatic rings. The summed E-state index contributed by atoms with van der Waals surface area (Å²) in [5, 5.41) is 5.23. The number of guanidine groups is 1. The van der Waals surface area contributed by atoms with Crippen LogP contribution in [0.2, 0.25) is 0 Å². The minimum atomic E-state index is -0.447. The van der Waals surface area contributed by atoms with Crippen LogP contribution in [-0.2, 0) is 11.2 Å². The number of hydrogen-bond donors (Lipinski definition) is 2. The molecule has 1 amide bonds. The number of carbonyl (C=O) groups excluding carboxylic acids is 1. The van der Waals surface area contributed by atoms with Gasteiger partial charge in [0.05, 0.1) is 6.54 Å². The number of nitrogens with two attached hydrogens (primary N) is 1. The maximum Gasteiger partial charge on any atom is 0.410 e. The number of thiophene rings is 1. The summed E-state index contributed by atoms with van der Waals surface area (Å²) >= 11 is 1.75. The molecule has 0 saturated carbocycles. The van der Waals surface area contributed by atoms with Gasteiger partial charge in [0.15, 0.2) is 5.96 Å². The smallest absolute Gasteiger partial charge is 0.410 e. The standard InChI is InChI=1S/C18H31N5O2S/c1-18(2,3)25-17(24)23-12-10-22(11-13-23)9-8-21-16(19)20-7-6-15-5-4-14-26-15/h4-5,14H,6-13H2,1-3H3,(H3,19,20,21). The van der Waals surface area contributed by atoms with E-state index >= 15 is 0 Å². The molecular formula is C18H31N5O2S. The van der Waals surface area contributed by atoms with E-state index in [0.29, 0.717) is 25.6 Å². The van der Waals surface area contributed by atoms with Crippen LogP contribution in [0.15, 0.2) is 22.5 Å². The monoisotopic (exact) mass is 381 g/mol. The first-order chi connectivity index (χ1) is 12.3. The Morgan fingerprint density at radius 1 is 1.35 bits per heavy atom. The average Bonchev–Trinajstić information content (AvgIpc) is 3.07. The van der Waals surface area contributed by atoms with Gasteiger partial charge in [-0.1, -0.05) is 6.07 Å². The Kier molecular flexibility index (Phi) is 7.71. The molecule has 8 heteroatoms. The summed E-state index contributed by atoms with van der Waals surface area (Å²) in [5.74, 6) is 0.494. The van der Waals surface area contributed by atoms with Crippen LogP contribution in [0, 0.1) is 0 Å². The summed E-state index contributed by atoms with van der Waals surface area (Å²) < 4.78 is 5.41. The quantitative estimate of drug-likeness (QED) is 0.579. The van der Waals surface area contributed by atoms with E-state index in [9.17, 15) is 4.79 Å². The van der Waals surface area contributed by atoms with Crippen molar-refractivity contribution in [2.75, 3.05) is 45.8 Å². The molecule has 0 unspecified atom stereocenters. The van der Waals surface area contributed by atoms with E-state index in [2.05, 4.69) is 32.7 Å². The molecule has 1 aromatic heterocycles. The van der Waals surface area contributed by atoms with Crippen molar-refractivity contribution in [2.45, 2.75) is 32.8 Å². The molecule has 26 heavy (non-hydrogen) atoms. The highest BCUT2D eigenvalue weighted by Gasteiger charge is 2.25. The van der Waals surface area contributed by atoms with Crippen molar-refractivity contribution < 1.29 is 9.53 Å². The normalized spacial score (nSPS) is 16.6. The average molecular weight is 382 g/mol. The third-order valence-corrected chi connectivity index (χ3v) is 4.92. The Balaban J connectivity index is 1.59. The van der Waals surface area contributed by atoms with Crippen molar-refractivity contribution in [3.63, 3.8) is 0 Å². The van der Waals surface area contributed by atoms with Crippen molar-refractivity contribution in [1.82, 2.24) is 15.1 Å². The Morgan fingerprint density at radius 3 is 2.69 bits per heavy atom. The van der Waals surface area contributed by atoms with Crippen LogP contribution < -0.4 is 11.1 Å². The molecule has 0 aliphatic carbocycles. The summed E-state index contributed by atoms with van der Waals surface area (Å²) in [7, 11) is 0. The van der Waals surface area contributed by atoms with Gasteiger partial charge in [0, 0.05) is 44.1 Å². The molecule has 1 aliphatic heterocycles. The molecule has 7 nitrogen and oxygen atoms in total. The Labute approximate surface area is 160 Å². The molecule has 2 heterocycles. The van der Waals surface area contributed by atoms with Crippen molar-refractivity contribution >= 4 is 23.4 Å². The summed E-state index contributed by atoms with van der Waals surface area (Å²) in [6, 6.07) is 4.18. The Hall–Kier alpha value is -1.80. The van der Waals surface area contributed by atoms with Gasteiger partial charge in [-0.2, -0.15) is 0 Å². The Bertz CT molecular complexity index is 575. The highest BCUT2D eigenvalue weighted by atomic mass is 32.1. The Morgan fingerprint density at radius 2 is 2.08 bits per heavy atom. The van der Waals surface area contributed by atoms with E-state index in [-0.39, 0.29) is 6.09 Å². The van der Waals surface area contributed by atoms with E-state index in [1.807, 2.05) is 20.8 Å². The van der Waals surface area contributed by atoms with Crippen LogP contribution in [-0.4, -0.2) is 73.3 Å². The third kappa shape index (κ3) is 7.61. The third-order valence-electron chi connectivity index (χ3n) is 3.98. The lowest BCUT2D eigenvalue weighted by molar-refractivity contribution is 0.0148. The minimum absolute atomic E-state index is 0.227. The number of amides is 1. The second kappa shape index (κ2) is 9.78. The fourth-order valence-corrected chi connectivity index (χ4v) is 3.33. The van der Waals surface area contributed by atoms with Crippen LogP contribution >= 0.6 is 11.3 Å². The summed E-state index contributed by atoms with van der Waals surface area (Å²) in [4.78, 5) is 21.8. The van der Waals surface area contributed by atoms with Crippen LogP contribution in [0.4, 0.5) is 4.79 Å². The zero-order valence-electron chi connectivity index (χ0n) is 16.0. The van der Waals surface area contributed by atoms with E-state index < -0.39 is 5.60 Å². The van der Waals surface area contributed by atoms with Gasteiger partial charge >= 0.3 is 6.09 Å². The number of carbonyl (C=O) groups is 1. The zero-order chi connectivity index (χ0) is 19.0. The van der Waals surface area contributed by atoms with Crippen molar-refractivity contribution in [2.24, 2.45) is 10.7 Å². The predicted octanol–water partition coefficient (Wildman–Crippen LogP) is 1.75. The van der Waals surface area contributed by atoms with Gasteiger partial charge in [0.25, 0.3) is 0 Å². The first kappa shape index (κ1) is 20.5. The van der Waals surface area contributed by atoms with Crippen LogP contribution in [0.1, 0.15) is 25.6 Å². The highest BCUT2D eigenvalue weighted by Crippen LogP contribution is 2.11. The molecule has 0 spiro atoms. The molecule has 146 valence electrons. The fraction of sp³-hybridized carbons (Fsp3) is 0.667. The van der Waals surface area contributed by atoms with Crippen LogP contribution in [0.25, 0.3) is 0 Å². The van der Waals surface area contributed by atoms with Gasteiger partial charge in [-0.25, -0.2) is 4.79 Å². The van der Waals surface area contributed by atoms with Gasteiger partial charge in [0.1, 0.15) is 5.60 Å². The van der Waals surface area contributed by atoms with Gasteiger partial charge in [-0.15, -0.1) is 11.3 Å².